The highest BCUT2D eigenvalue weighted by Gasteiger charge is 2.16. The predicted molar refractivity (Wildman–Crippen MR) is 108 cm³/mol. The summed E-state index contributed by atoms with van der Waals surface area (Å²) in [6.07, 6.45) is 2.20. The van der Waals surface area contributed by atoms with Gasteiger partial charge in [0, 0.05) is 36.1 Å². The summed E-state index contributed by atoms with van der Waals surface area (Å²) in [5.74, 6) is -0.215. The number of pyridine rings is 1. The number of fused-ring (bicyclic) bond motifs is 1. The number of para-hydroxylation sites is 1. The maximum absolute atomic E-state index is 12.7. The number of aromatic amines is 1. The van der Waals surface area contributed by atoms with Gasteiger partial charge >= 0.3 is 0 Å². The number of carbonyl (C=O) groups excluding carboxylic acids is 1. The Bertz CT molecular complexity index is 1190. The molecular weight excluding hydrogens is 352 g/mol. The highest BCUT2D eigenvalue weighted by Crippen LogP contribution is 2.14. The van der Waals surface area contributed by atoms with Gasteiger partial charge in [-0.05, 0) is 17.7 Å². The van der Waals surface area contributed by atoms with E-state index in [1.54, 1.807) is 16.9 Å². The quantitative estimate of drug-likeness (QED) is 0.565. The molecule has 0 bridgehead atoms. The lowest BCUT2D eigenvalue weighted by Gasteiger charge is -2.09. The zero-order valence-corrected chi connectivity index (χ0v) is 15.5. The van der Waals surface area contributed by atoms with Gasteiger partial charge in [0.05, 0.1) is 24.0 Å². The molecule has 0 spiro atoms. The number of amides is 1. The fourth-order valence-electron chi connectivity index (χ4n) is 3.27. The largest absolute Gasteiger partial charge is 0.357 e. The molecule has 6 heteroatoms. The van der Waals surface area contributed by atoms with E-state index >= 15 is 0 Å². The Balaban J connectivity index is 1.53. The monoisotopic (exact) mass is 372 g/mol. The molecule has 4 rings (SSSR count). The lowest BCUT2D eigenvalue weighted by atomic mass is 10.1. The molecule has 0 aliphatic carbocycles. The minimum Gasteiger partial charge on any atom is -0.357 e. The second-order valence-corrected chi connectivity index (χ2v) is 6.68. The Morgan fingerprint density at radius 1 is 1.11 bits per heavy atom. The number of benzene rings is 2. The van der Waals surface area contributed by atoms with Crippen molar-refractivity contribution in [3.63, 3.8) is 0 Å². The first kappa shape index (κ1) is 17.7. The Morgan fingerprint density at radius 3 is 2.68 bits per heavy atom. The minimum atomic E-state index is -0.215. The Kier molecular flexibility index (Phi) is 4.76. The summed E-state index contributed by atoms with van der Waals surface area (Å²) in [6, 6.07) is 18.8. The van der Waals surface area contributed by atoms with E-state index in [2.05, 4.69) is 15.4 Å². The number of aromatic nitrogens is 3. The normalized spacial score (nSPS) is 10.9. The number of carbonyl (C=O) groups is 1. The maximum atomic E-state index is 12.7. The van der Waals surface area contributed by atoms with E-state index in [0.29, 0.717) is 23.1 Å². The van der Waals surface area contributed by atoms with Gasteiger partial charge in [-0.15, -0.1) is 0 Å². The lowest BCUT2D eigenvalue weighted by Crippen LogP contribution is -2.25. The van der Waals surface area contributed by atoms with Crippen molar-refractivity contribution in [1.82, 2.24) is 20.1 Å². The summed E-state index contributed by atoms with van der Waals surface area (Å²) in [4.78, 5) is 28.2. The molecule has 0 fully saturated rings. The first-order valence-corrected chi connectivity index (χ1v) is 9.06. The van der Waals surface area contributed by atoms with Gasteiger partial charge in [0.15, 0.2) is 5.43 Å². The van der Waals surface area contributed by atoms with Gasteiger partial charge in [0.2, 0.25) is 0 Å². The summed E-state index contributed by atoms with van der Waals surface area (Å²) in [5.41, 5.74) is 3.84. The first-order valence-electron chi connectivity index (χ1n) is 9.06. The van der Waals surface area contributed by atoms with Crippen molar-refractivity contribution >= 4 is 16.8 Å². The van der Waals surface area contributed by atoms with Gasteiger partial charge in [-0.1, -0.05) is 42.5 Å². The standard InChI is InChI=1S/C22H20N4O2/c1-26-20(11-15-7-3-2-4-8-15)18(14-24-26)22(28)23-13-16-12-21(27)17-9-5-6-10-19(17)25-16/h2-10,12,14H,11,13H2,1H3,(H,23,28)(H,25,27). The van der Waals surface area contributed by atoms with Gasteiger partial charge in [0.1, 0.15) is 0 Å². The first-order chi connectivity index (χ1) is 13.6. The summed E-state index contributed by atoms with van der Waals surface area (Å²) >= 11 is 0. The van der Waals surface area contributed by atoms with Crippen LogP contribution in [0.15, 0.2) is 71.7 Å². The fraction of sp³-hybridized carbons (Fsp3) is 0.136. The van der Waals surface area contributed by atoms with Crippen LogP contribution in [0.4, 0.5) is 0 Å². The van der Waals surface area contributed by atoms with Crippen LogP contribution >= 0.6 is 0 Å². The van der Waals surface area contributed by atoms with Crippen LogP contribution < -0.4 is 10.7 Å². The minimum absolute atomic E-state index is 0.0651. The van der Waals surface area contributed by atoms with Crippen molar-refractivity contribution in [2.24, 2.45) is 7.05 Å². The topological polar surface area (TPSA) is 79.8 Å². The number of aryl methyl sites for hydroxylation is 1. The van der Waals surface area contributed by atoms with Crippen LogP contribution in [0, 0.1) is 0 Å². The molecule has 0 saturated carbocycles. The van der Waals surface area contributed by atoms with E-state index < -0.39 is 0 Å². The Hall–Kier alpha value is -3.67. The Morgan fingerprint density at radius 2 is 1.86 bits per heavy atom. The summed E-state index contributed by atoms with van der Waals surface area (Å²) in [5, 5.41) is 7.76. The molecule has 0 aliphatic rings. The summed E-state index contributed by atoms with van der Waals surface area (Å²) in [7, 11) is 1.83. The molecular formula is C22H20N4O2. The molecule has 140 valence electrons. The average molecular weight is 372 g/mol. The number of nitrogens with one attached hydrogen (secondary N) is 2. The van der Waals surface area contributed by atoms with E-state index in [0.717, 1.165) is 16.8 Å². The molecule has 0 saturated heterocycles. The molecule has 6 nitrogen and oxygen atoms in total. The van der Waals surface area contributed by atoms with Crippen molar-refractivity contribution in [2.45, 2.75) is 13.0 Å². The highest BCUT2D eigenvalue weighted by molar-refractivity contribution is 5.95. The van der Waals surface area contributed by atoms with Crippen LogP contribution in [0.3, 0.4) is 0 Å². The molecule has 0 unspecified atom stereocenters. The van der Waals surface area contributed by atoms with Crippen molar-refractivity contribution in [1.29, 1.82) is 0 Å². The van der Waals surface area contributed by atoms with Crippen molar-refractivity contribution < 1.29 is 4.79 Å². The van der Waals surface area contributed by atoms with Gasteiger partial charge in [-0.3, -0.25) is 14.3 Å². The van der Waals surface area contributed by atoms with Gasteiger partial charge in [-0.2, -0.15) is 5.10 Å². The second kappa shape index (κ2) is 7.52. The molecule has 28 heavy (non-hydrogen) atoms. The van der Waals surface area contributed by atoms with Crippen LogP contribution in [0.2, 0.25) is 0 Å². The number of hydrogen-bond donors (Lipinski definition) is 2. The van der Waals surface area contributed by atoms with Crippen molar-refractivity contribution in [3.05, 3.63) is 99.6 Å². The fourth-order valence-corrected chi connectivity index (χ4v) is 3.27. The SMILES string of the molecule is Cn1ncc(C(=O)NCc2cc(=O)c3ccccc3[nH]2)c1Cc1ccccc1. The molecule has 2 aromatic carbocycles. The third kappa shape index (κ3) is 3.57. The zero-order valence-electron chi connectivity index (χ0n) is 15.5. The number of hydrogen-bond acceptors (Lipinski definition) is 3. The summed E-state index contributed by atoms with van der Waals surface area (Å²) < 4.78 is 1.72. The van der Waals surface area contributed by atoms with Gasteiger partial charge in [0.25, 0.3) is 5.91 Å². The number of H-pyrrole nitrogens is 1. The highest BCUT2D eigenvalue weighted by atomic mass is 16.1. The Labute approximate surface area is 161 Å². The van der Waals surface area contributed by atoms with Gasteiger partial charge < -0.3 is 10.3 Å². The second-order valence-electron chi connectivity index (χ2n) is 6.68. The molecule has 2 heterocycles. The van der Waals surface area contributed by atoms with E-state index in [9.17, 15) is 9.59 Å². The molecule has 2 aromatic heterocycles. The van der Waals surface area contributed by atoms with Crippen LogP contribution in [0.25, 0.3) is 10.9 Å². The molecule has 0 radical (unpaired) electrons. The molecule has 0 atom stereocenters. The third-order valence-corrected chi connectivity index (χ3v) is 4.75. The molecule has 2 N–H and O–H groups in total. The van der Waals surface area contributed by atoms with E-state index in [-0.39, 0.29) is 17.9 Å². The molecule has 1 amide bonds. The lowest BCUT2D eigenvalue weighted by molar-refractivity contribution is 0.0949. The molecule has 0 aliphatic heterocycles. The average Bonchev–Trinajstić information content (AvgIpc) is 3.07. The zero-order chi connectivity index (χ0) is 19.5. The van der Waals surface area contributed by atoms with Crippen LogP contribution in [-0.2, 0) is 20.0 Å². The summed E-state index contributed by atoms with van der Waals surface area (Å²) in [6.45, 7) is 0.235. The predicted octanol–water partition coefficient (Wildman–Crippen LogP) is 2.78. The van der Waals surface area contributed by atoms with Crippen LogP contribution in [0.1, 0.15) is 27.3 Å². The van der Waals surface area contributed by atoms with Crippen molar-refractivity contribution in [3.8, 4) is 0 Å². The van der Waals surface area contributed by atoms with E-state index in [1.807, 2.05) is 55.6 Å². The smallest absolute Gasteiger partial charge is 0.255 e. The van der Waals surface area contributed by atoms with Gasteiger partial charge in [-0.25, -0.2) is 0 Å². The van der Waals surface area contributed by atoms with E-state index in [4.69, 9.17) is 0 Å². The number of nitrogens with zero attached hydrogens (tertiary/aromatic N) is 2. The maximum Gasteiger partial charge on any atom is 0.255 e. The molecule has 4 aromatic rings. The third-order valence-electron chi connectivity index (χ3n) is 4.75. The van der Waals surface area contributed by atoms with Crippen LogP contribution in [0.5, 0.6) is 0 Å². The van der Waals surface area contributed by atoms with E-state index in [1.165, 1.54) is 6.07 Å². The van der Waals surface area contributed by atoms with Crippen molar-refractivity contribution in [2.75, 3.05) is 0 Å². The van der Waals surface area contributed by atoms with Crippen LogP contribution in [-0.4, -0.2) is 20.7 Å². The number of rotatable bonds is 5.